The minimum atomic E-state index is -3.92. The molecule has 11 heteroatoms. The summed E-state index contributed by atoms with van der Waals surface area (Å²) < 4.78 is 28.4. The molecule has 0 aliphatic rings. The van der Waals surface area contributed by atoms with E-state index in [1.54, 1.807) is 0 Å². The maximum Gasteiger partial charge on any atom is 0.264 e. The normalized spacial score (nSPS) is 12.2. The molecular weight excluding hydrogens is 495 g/mol. The first-order valence-corrected chi connectivity index (χ1v) is 12.6. The largest absolute Gasteiger partial charge is 0.361 e. The van der Waals surface area contributed by atoms with Gasteiger partial charge in [-0.1, -0.05) is 23.2 Å². The fourth-order valence-electron chi connectivity index (χ4n) is 3.43. The third-order valence-electron chi connectivity index (χ3n) is 4.95. The van der Waals surface area contributed by atoms with E-state index in [2.05, 4.69) is 30.0 Å². The van der Waals surface area contributed by atoms with Crippen LogP contribution in [0.1, 0.15) is 17.0 Å². The number of benzene rings is 2. The lowest BCUT2D eigenvalue weighted by Gasteiger charge is -2.13. The molecule has 0 atom stereocenters. The number of halogens is 2. The highest BCUT2D eigenvalue weighted by molar-refractivity contribution is 7.90. The maximum atomic E-state index is 12.9. The second-order valence-corrected chi connectivity index (χ2v) is 10.2. The Morgan fingerprint density at radius 1 is 1.00 bits per heavy atom. The van der Waals surface area contributed by atoms with Crippen molar-refractivity contribution in [3.8, 4) is 0 Å². The van der Waals surface area contributed by atoms with Crippen LogP contribution in [-0.4, -0.2) is 35.9 Å². The number of aromatic amines is 1. The molecule has 2 aromatic heterocycles. The fourth-order valence-corrected chi connectivity index (χ4v) is 4.71. The summed E-state index contributed by atoms with van der Waals surface area (Å²) in [4.78, 5) is 16.4. The summed E-state index contributed by atoms with van der Waals surface area (Å²) in [6, 6.07) is 13.3. The van der Waals surface area contributed by atoms with Crippen molar-refractivity contribution in [2.24, 2.45) is 4.99 Å². The molecule has 0 aliphatic heterocycles. The molecule has 4 rings (SSSR count). The Morgan fingerprint density at radius 2 is 1.68 bits per heavy atom. The summed E-state index contributed by atoms with van der Waals surface area (Å²) in [6.07, 6.45) is 2.45. The Hall–Kier alpha value is -3.14. The molecule has 0 saturated heterocycles. The number of nitrogens with one attached hydrogen (secondary N) is 3. The summed E-state index contributed by atoms with van der Waals surface area (Å²) >= 11 is 12.0. The number of nitrogens with zero attached hydrogens (tertiary/aromatic N) is 3. The van der Waals surface area contributed by atoms with Gasteiger partial charge in [-0.05, 0) is 74.4 Å². The summed E-state index contributed by atoms with van der Waals surface area (Å²) in [5, 5.41) is 4.98. The predicted octanol–water partition coefficient (Wildman–Crippen LogP) is 4.87. The van der Waals surface area contributed by atoms with E-state index in [1.807, 2.05) is 44.3 Å². The van der Waals surface area contributed by atoms with Gasteiger partial charge >= 0.3 is 0 Å². The van der Waals surface area contributed by atoms with Gasteiger partial charge in [-0.2, -0.15) is 0 Å². The SMILES string of the molecule is Cc1cc(C)nc(NC(=NCCc2c[nH]c3ccc(Cl)cc23)NS(=O)(=O)c2ccc(Cl)cc2)n1. The van der Waals surface area contributed by atoms with Gasteiger partial charge < -0.3 is 4.98 Å². The van der Waals surface area contributed by atoms with E-state index in [1.165, 1.54) is 24.3 Å². The second kappa shape index (κ2) is 10.0. The Kier molecular flexibility index (Phi) is 7.06. The third kappa shape index (κ3) is 5.85. The molecule has 176 valence electrons. The van der Waals surface area contributed by atoms with Crippen molar-refractivity contribution >= 4 is 56.0 Å². The van der Waals surface area contributed by atoms with E-state index in [-0.39, 0.29) is 16.8 Å². The molecule has 0 saturated carbocycles. The Morgan fingerprint density at radius 3 is 2.38 bits per heavy atom. The lowest BCUT2D eigenvalue weighted by Crippen LogP contribution is -2.36. The number of aliphatic imine (C=N–C) groups is 1. The first kappa shape index (κ1) is 24.0. The molecule has 2 heterocycles. The van der Waals surface area contributed by atoms with Crippen molar-refractivity contribution in [1.82, 2.24) is 19.7 Å². The number of aryl methyl sites for hydroxylation is 2. The number of aromatic nitrogens is 3. The zero-order chi connectivity index (χ0) is 24.3. The summed E-state index contributed by atoms with van der Waals surface area (Å²) in [6.45, 7) is 3.96. The molecular formula is C23H22Cl2N6O2S. The van der Waals surface area contributed by atoms with Gasteiger partial charge in [-0.15, -0.1) is 0 Å². The molecule has 0 aliphatic carbocycles. The summed E-state index contributed by atoms with van der Waals surface area (Å²) in [5.41, 5.74) is 3.47. The zero-order valence-corrected chi connectivity index (χ0v) is 20.8. The maximum absolute atomic E-state index is 12.9. The standard InChI is InChI=1S/C23H22Cl2N6O2S/c1-14-11-15(2)29-23(28-14)30-22(31-34(32,33)19-6-3-17(24)4-7-19)26-10-9-16-13-27-21-8-5-18(25)12-20(16)21/h3-8,11-13,27H,9-10H2,1-2H3,(H2,26,28,29,30,31). The van der Waals surface area contributed by atoms with Crippen LogP contribution in [0.3, 0.4) is 0 Å². The lowest BCUT2D eigenvalue weighted by atomic mass is 10.1. The van der Waals surface area contributed by atoms with Crippen molar-refractivity contribution in [3.63, 3.8) is 0 Å². The van der Waals surface area contributed by atoms with Crippen molar-refractivity contribution in [3.05, 3.63) is 81.7 Å². The predicted molar refractivity (Wildman–Crippen MR) is 136 cm³/mol. The van der Waals surface area contributed by atoms with Gasteiger partial charge in [0.1, 0.15) is 0 Å². The van der Waals surface area contributed by atoms with Gasteiger partial charge in [-0.3, -0.25) is 10.3 Å². The number of H-pyrrole nitrogens is 1. The average Bonchev–Trinajstić information content (AvgIpc) is 3.15. The number of hydrogen-bond acceptors (Lipinski definition) is 5. The van der Waals surface area contributed by atoms with Crippen molar-refractivity contribution in [2.75, 3.05) is 11.9 Å². The molecule has 34 heavy (non-hydrogen) atoms. The lowest BCUT2D eigenvalue weighted by molar-refractivity contribution is 0.592. The monoisotopic (exact) mass is 516 g/mol. The van der Waals surface area contributed by atoms with Gasteiger partial charge in [-0.25, -0.2) is 23.1 Å². The highest BCUT2D eigenvalue weighted by Gasteiger charge is 2.17. The number of anilines is 1. The number of sulfonamides is 1. The zero-order valence-electron chi connectivity index (χ0n) is 18.4. The molecule has 0 bridgehead atoms. The minimum absolute atomic E-state index is 0.0119. The molecule has 8 nitrogen and oxygen atoms in total. The van der Waals surface area contributed by atoms with Gasteiger partial charge in [0, 0.05) is 45.1 Å². The molecule has 4 aromatic rings. The minimum Gasteiger partial charge on any atom is -0.361 e. The highest BCUT2D eigenvalue weighted by atomic mass is 35.5. The van der Waals surface area contributed by atoms with Crippen LogP contribution in [0.5, 0.6) is 0 Å². The van der Waals surface area contributed by atoms with Crippen LogP contribution in [0.4, 0.5) is 5.95 Å². The number of hydrogen-bond donors (Lipinski definition) is 3. The molecule has 0 spiro atoms. The van der Waals surface area contributed by atoms with Crippen LogP contribution in [0.15, 0.2) is 64.6 Å². The van der Waals surface area contributed by atoms with Crippen molar-refractivity contribution in [2.45, 2.75) is 25.2 Å². The van der Waals surface area contributed by atoms with Crippen molar-refractivity contribution in [1.29, 1.82) is 0 Å². The third-order valence-corrected chi connectivity index (χ3v) is 6.79. The van der Waals surface area contributed by atoms with E-state index in [4.69, 9.17) is 23.2 Å². The van der Waals surface area contributed by atoms with Crippen LogP contribution in [0.25, 0.3) is 10.9 Å². The quantitative estimate of drug-likeness (QED) is 0.250. The molecule has 2 aromatic carbocycles. The van der Waals surface area contributed by atoms with Crippen LogP contribution in [0.2, 0.25) is 10.0 Å². The van der Waals surface area contributed by atoms with E-state index < -0.39 is 10.0 Å². The topological polar surface area (TPSA) is 112 Å². The molecule has 3 N–H and O–H groups in total. The Balaban J connectivity index is 1.60. The molecule has 0 amide bonds. The summed E-state index contributed by atoms with van der Waals surface area (Å²) in [5.74, 6) is 0.256. The Labute approximate surface area is 207 Å². The van der Waals surface area contributed by atoms with E-state index in [9.17, 15) is 8.42 Å². The average molecular weight is 517 g/mol. The van der Waals surface area contributed by atoms with Crippen molar-refractivity contribution < 1.29 is 8.42 Å². The van der Waals surface area contributed by atoms with E-state index in [0.29, 0.717) is 23.0 Å². The fraction of sp³-hybridized carbons (Fsp3) is 0.174. The molecule has 0 fully saturated rings. The smallest absolute Gasteiger partial charge is 0.264 e. The number of fused-ring (bicyclic) bond motifs is 1. The summed E-state index contributed by atoms with van der Waals surface area (Å²) in [7, 11) is -3.92. The van der Waals surface area contributed by atoms with Crippen LogP contribution < -0.4 is 10.0 Å². The second-order valence-electron chi connectivity index (χ2n) is 7.64. The van der Waals surface area contributed by atoms with Gasteiger partial charge in [0.05, 0.1) is 4.90 Å². The first-order valence-electron chi connectivity index (χ1n) is 10.4. The van der Waals surface area contributed by atoms with Gasteiger partial charge in [0.25, 0.3) is 10.0 Å². The molecule has 0 unspecified atom stereocenters. The van der Waals surface area contributed by atoms with E-state index >= 15 is 0 Å². The van der Waals surface area contributed by atoms with Crippen LogP contribution in [0, 0.1) is 13.8 Å². The molecule has 0 radical (unpaired) electrons. The Bertz CT molecular complexity index is 1450. The van der Waals surface area contributed by atoms with Crippen LogP contribution >= 0.6 is 23.2 Å². The van der Waals surface area contributed by atoms with Gasteiger partial charge in [0.15, 0.2) is 0 Å². The van der Waals surface area contributed by atoms with Crippen LogP contribution in [-0.2, 0) is 16.4 Å². The highest BCUT2D eigenvalue weighted by Crippen LogP contribution is 2.23. The number of guanidine groups is 1. The first-order chi connectivity index (χ1) is 16.2. The van der Waals surface area contributed by atoms with Gasteiger partial charge in [0.2, 0.25) is 11.9 Å². The number of rotatable bonds is 6. The van der Waals surface area contributed by atoms with E-state index in [0.717, 1.165) is 27.9 Å².